The molecule has 0 spiro atoms. The Bertz CT molecular complexity index is 1290. The minimum absolute atomic E-state index is 0.0220. The molecule has 1 aromatic heterocycles. The first-order valence-corrected chi connectivity index (χ1v) is 12.8. The van der Waals surface area contributed by atoms with E-state index >= 15 is 0 Å². The molecule has 0 aliphatic rings. The number of aryl methyl sites for hydroxylation is 1. The molecule has 0 unspecified atom stereocenters. The van der Waals surface area contributed by atoms with Gasteiger partial charge in [0, 0.05) is 11.2 Å². The van der Waals surface area contributed by atoms with Crippen LogP contribution in [0.4, 0.5) is 11.4 Å². The van der Waals surface area contributed by atoms with Crippen molar-refractivity contribution in [2.24, 2.45) is 5.73 Å². The third-order valence-electron chi connectivity index (χ3n) is 6.01. The van der Waals surface area contributed by atoms with E-state index in [0.29, 0.717) is 30.0 Å². The maximum absolute atomic E-state index is 14.1. The molecule has 0 bridgehead atoms. The fourth-order valence-corrected chi connectivity index (χ4v) is 4.46. The molecule has 1 heterocycles. The molecule has 0 fully saturated rings. The van der Waals surface area contributed by atoms with Gasteiger partial charge in [-0.2, -0.15) is 4.37 Å². The van der Waals surface area contributed by atoms with Gasteiger partial charge in [-0.25, -0.2) is 0 Å². The number of benzene rings is 2. The molecule has 37 heavy (non-hydrogen) atoms. The number of anilines is 2. The van der Waals surface area contributed by atoms with Crippen LogP contribution in [0.3, 0.4) is 0 Å². The van der Waals surface area contributed by atoms with E-state index in [1.165, 1.54) is 4.90 Å². The molecule has 0 aliphatic carbocycles. The Hall–Kier alpha value is -3.92. The van der Waals surface area contributed by atoms with Crippen molar-refractivity contribution in [1.82, 2.24) is 9.69 Å². The maximum Gasteiger partial charge on any atom is 0.273 e. The number of carbonyl (C=O) groups excluding carboxylic acids is 3. The van der Waals surface area contributed by atoms with Crippen LogP contribution in [0.15, 0.2) is 48.5 Å². The molecule has 0 saturated heterocycles. The van der Waals surface area contributed by atoms with E-state index in [-0.39, 0.29) is 22.2 Å². The first-order valence-electron chi connectivity index (χ1n) is 12.0. The number of hydrogen-bond acceptors (Lipinski definition) is 7. The van der Waals surface area contributed by atoms with Crippen molar-refractivity contribution < 1.29 is 19.1 Å². The van der Waals surface area contributed by atoms with Gasteiger partial charge in [0.2, 0.25) is 5.91 Å². The highest BCUT2D eigenvalue weighted by atomic mass is 32.1. The van der Waals surface area contributed by atoms with Gasteiger partial charge in [-0.15, -0.1) is 0 Å². The summed E-state index contributed by atoms with van der Waals surface area (Å²) in [7, 11) is 0. The van der Waals surface area contributed by atoms with Crippen LogP contribution < -0.4 is 26.4 Å². The number of aromatic nitrogens is 1. The zero-order valence-corrected chi connectivity index (χ0v) is 22.5. The van der Waals surface area contributed by atoms with Gasteiger partial charge >= 0.3 is 0 Å². The normalized spacial score (nSPS) is 12.0. The number of ether oxygens (including phenoxy) is 1. The van der Waals surface area contributed by atoms with Crippen molar-refractivity contribution >= 4 is 40.6 Å². The minimum Gasteiger partial charge on any atom is -0.494 e. The summed E-state index contributed by atoms with van der Waals surface area (Å²) in [5, 5.41) is 3.07. The fourth-order valence-electron chi connectivity index (χ4n) is 3.72. The predicted molar refractivity (Wildman–Crippen MR) is 146 cm³/mol. The Morgan fingerprint density at radius 3 is 2.35 bits per heavy atom. The molecule has 3 rings (SSSR count). The zero-order valence-electron chi connectivity index (χ0n) is 21.7. The van der Waals surface area contributed by atoms with E-state index in [1.807, 2.05) is 46.8 Å². The van der Waals surface area contributed by atoms with Crippen LogP contribution in [0.1, 0.15) is 71.4 Å². The molecular weight excluding hydrogens is 490 g/mol. The Morgan fingerprint density at radius 2 is 1.81 bits per heavy atom. The molecule has 196 valence electrons. The van der Waals surface area contributed by atoms with E-state index in [1.54, 1.807) is 36.4 Å². The summed E-state index contributed by atoms with van der Waals surface area (Å²) in [6.07, 6.45) is 0.677. The lowest BCUT2D eigenvalue weighted by molar-refractivity contribution is -0.124. The lowest BCUT2D eigenvalue weighted by Crippen LogP contribution is -2.50. The van der Waals surface area contributed by atoms with Crippen molar-refractivity contribution in [1.29, 1.82) is 0 Å². The number of nitrogens with zero attached hydrogens (tertiary/aromatic N) is 2. The number of nitrogens with one attached hydrogen (secondary N) is 1. The summed E-state index contributed by atoms with van der Waals surface area (Å²) in [6.45, 7) is 10.1. The van der Waals surface area contributed by atoms with Crippen molar-refractivity contribution in [3.05, 3.63) is 70.2 Å². The summed E-state index contributed by atoms with van der Waals surface area (Å²) in [5.74, 6) is -1.13. The molecule has 5 N–H and O–H groups in total. The standard InChI is InChI=1S/C27H33N5O4S/c1-6-27(4,5)30-25(34)22(17-11-13-19(14-12-17)36-7-2)32(18-10-8-9-16(3)15-18)26(35)23-20(28)21(24(29)33)31-37-23/h8-15,22H,6-7,28H2,1-5H3,(H2,29,33)(H,30,34)/t22-/m1/s1. The first-order chi connectivity index (χ1) is 17.5. The molecule has 2 aromatic carbocycles. The van der Waals surface area contributed by atoms with Crippen LogP contribution in [0.25, 0.3) is 0 Å². The third-order valence-corrected chi connectivity index (χ3v) is 6.86. The predicted octanol–water partition coefficient (Wildman–Crippen LogP) is 4.22. The summed E-state index contributed by atoms with van der Waals surface area (Å²) < 4.78 is 9.56. The molecule has 1 atom stereocenters. The van der Waals surface area contributed by atoms with Gasteiger partial charge in [0.25, 0.3) is 11.8 Å². The number of hydrogen-bond donors (Lipinski definition) is 3. The Balaban J connectivity index is 2.22. The molecule has 0 saturated carbocycles. The van der Waals surface area contributed by atoms with Gasteiger partial charge in [0.05, 0.1) is 12.3 Å². The van der Waals surface area contributed by atoms with E-state index in [4.69, 9.17) is 16.2 Å². The number of primary amides is 1. The van der Waals surface area contributed by atoms with E-state index in [2.05, 4.69) is 9.69 Å². The molecule has 0 aliphatic heterocycles. The summed E-state index contributed by atoms with van der Waals surface area (Å²) in [6, 6.07) is 13.2. The highest BCUT2D eigenvalue weighted by molar-refractivity contribution is 7.09. The maximum atomic E-state index is 14.1. The summed E-state index contributed by atoms with van der Waals surface area (Å²) >= 11 is 0.772. The van der Waals surface area contributed by atoms with E-state index in [0.717, 1.165) is 17.1 Å². The number of rotatable bonds is 10. The quantitative estimate of drug-likeness (QED) is 0.363. The average molecular weight is 524 g/mol. The van der Waals surface area contributed by atoms with Crippen LogP contribution in [-0.4, -0.2) is 34.2 Å². The molecule has 3 aromatic rings. The minimum atomic E-state index is -1.06. The zero-order chi connectivity index (χ0) is 27.3. The Morgan fingerprint density at radius 1 is 1.14 bits per heavy atom. The van der Waals surface area contributed by atoms with Gasteiger partial charge < -0.3 is 21.5 Å². The molecule has 10 heteroatoms. The number of nitrogen functional groups attached to an aromatic ring is 1. The van der Waals surface area contributed by atoms with E-state index in [9.17, 15) is 14.4 Å². The van der Waals surface area contributed by atoms with Crippen LogP contribution in [0.5, 0.6) is 5.75 Å². The molecule has 0 radical (unpaired) electrons. The Kier molecular flexibility index (Phi) is 8.54. The number of nitrogens with two attached hydrogens (primary N) is 2. The van der Waals surface area contributed by atoms with Gasteiger partial charge in [0.15, 0.2) is 5.69 Å². The summed E-state index contributed by atoms with van der Waals surface area (Å²) in [5.41, 5.74) is 12.6. The lowest BCUT2D eigenvalue weighted by Gasteiger charge is -2.34. The molecule has 9 nitrogen and oxygen atoms in total. The van der Waals surface area contributed by atoms with Crippen LogP contribution in [0, 0.1) is 6.92 Å². The number of amides is 3. The molecular formula is C27H33N5O4S. The monoisotopic (exact) mass is 523 g/mol. The summed E-state index contributed by atoms with van der Waals surface area (Å²) in [4.78, 5) is 41.2. The molecule has 3 amide bonds. The van der Waals surface area contributed by atoms with Crippen LogP contribution >= 0.6 is 11.5 Å². The lowest BCUT2D eigenvalue weighted by atomic mass is 9.97. The van der Waals surface area contributed by atoms with Crippen molar-refractivity contribution in [3.63, 3.8) is 0 Å². The largest absolute Gasteiger partial charge is 0.494 e. The number of carbonyl (C=O) groups is 3. The van der Waals surface area contributed by atoms with Gasteiger partial charge in [-0.3, -0.25) is 19.3 Å². The highest BCUT2D eigenvalue weighted by Gasteiger charge is 2.37. The average Bonchev–Trinajstić information content (AvgIpc) is 3.24. The second kappa shape index (κ2) is 11.4. The van der Waals surface area contributed by atoms with Crippen molar-refractivity contribution in [3.8, 4) is 5.75 Å². The second-order valence-corrected chi connectivity index (χ2v) is 10.1. The Labute approximate surface area is 221 Å². The SMILES string of the molecule is CCOc1ccc([C@H](C(=O)NC(C)(C)CC)N(C(=O)c2snc(C(N)=O)c2N)c2cccc(C)c2)cc1. The van der Waals surface area contributed by atoms with Gasteiger partial charge in [-0.1, -0.05) is 31.2 Å². The van der Waals surface area contributed by atoms with Crippen molar-refractivity contribution in [2.45, 2.75) is 52.6 Å². The van der Waals surface area contributed by atoms with Gasteiger partial charge in [-0.05, 0) is 81.0 Å². The van der Waals surface area contributed by atoms with Crippen LogP contribution in [-0.2, 0) is 4.79 Å². The third kappa shape index (κ3) is 6.26. The second-order valence-electron chi connectivity index (χ2n) is 9.28. The van der Waals surface area contributed by atoms with Crippen molar-refractivity contribution in [2.75, 3.05) is 17.2 Å². The van der Waals surface area contributed by atoms with E-state index < -0.39 is 23.4 Å². The fraction of sp³-hybridized carbons (Fsp3) is 0.333. The van der Waals surface area contributed by atoms with Gasteiger partial charge in [0.1, 0.15) is 16.7 Å². The smallest absolute Gasteiger partial charge is 0.273 e. The van der Waals surface area contributed by atoms with Crippen LogP contribution in [0.2, 0.25) is 0 Å². The first kappa shape index (κ1) is 27.7. The topological polar surface area (TPSA) is 141 Å². The highest BCUT2D eigenvalue weighted by Crippen LogP contribution is 2.34.